The highest BCUT2D eigenvalue weighted by Gasteiger charge is 2.25. The van der Waals surface area contributed by atoms with Gasteiger partial charge in [-0.05, 0) is 128 Å². The number of nitrogens with one attached hydrogen (secondary N) is 1. The summed E-state index contributed by atoms with van der Waals surface area (Å²) in [5.41, 5.74) is 0. The summed E-state index contributed by atoms with van der Waals surface area (Å²) in [6, 6.07) is 0. The molecular formula is C56H83N4O15S5. The average Bonchev–Trinajstić information content (AvgIpc) is 4.29. The second-order valence-corrected chi connectivity index (χ2v) is 31.3. The van der Waals surface area contributed by atoms with Gasteiger partial charge in [-0.15, -0.1) is 0 Å². The molecule has 5 fully saturated rings. The van der Waals surface area contributed by atoms with Crippen LogP contribution in [0, 0.1) is 158 Å². The molecule has 5 rings (SSSR count). The minimum atomic E-state index is -3.63. The molecule has 0 unspecified atom stereocenters. The minimum absolute atomic E-state index is 0.0111. The van der Waals surface area contributed by atoms with E-state index in [2.05, 4.69) is 5.32 Å². The molecule has 0 atom stereocenters. The van der Waals surface area contributed by atoms with Crippen molar-refractivity contribution < 1.29 is 65.8 Å². The van der Waals surface area contributed by atoms with E-state index >= 15 is 0 Å². The Morgan fingerprint density at radius 3 is 0.713 bits per heavy atom. The second-order valence-electron chi connectivity index (χ2n) is 19.8. The molecule has 0 aromatic heterocycles. The lowest BCUT2D eigenvalue weighted by Gasteiger charge is -2.30. The second kappa shape index (κ2) is 38.5. The Morgan fingerprint density at radius 1 is 0.263 bits per heavy atom. The van der Waals surface area contributed by atoms with Crippen molar-refractivity contribution in [3.8, 4) is 0 Å². The molecule has 0 aliphatic heterocycles. The van der Waals surface area contributed by atoms with Crippen molar-refractivity contribution in [2.45, 2.75) is 0 Å². The van der Waals surface area contributed by atoms with E-state index in [0.29, 0.717) is 32.8 Å². The molecule has 0 bridgehead atoms. The van der Waals surface area contributed by atoms with Crippen LogP contribution in [0.1, 0.15) is 0 Å². The molecule has 1 N–H and O–H groups in total. The maximum absolute atomic E-state index is 13.4. The van der Waals surface area contributed by atoms with Gasteiger partial charge in [-0.1, -0.05) is 0 Å². The summed E-state index contributed by atoms with van der Waals surface area (Å²) in [7, 11) is -18.0. The summed E-state index contributed by atoms with van der Waals surface area (Å²) in [4.78, 5) is 5.64. The van der Waals surface area contributed by atoms with E-state index in [4.69, 9.17) is 23.7 Å². The van der Waals surface area contributed by atoms with Crippen molar-refractivity contribution in [3.05, 3.63) is 158 Å². The van der Waals surface area contributed by atoms with Crippen molar-refractivity contribution in [2.24, 2.45) is 0 Å². The molecular weight excluding hydrogens is 1130 g/mol. The Morgan fingerprint density at radius 2 is 0.475 bits per heavy atom. The third-order valence-corrected chi connectivity index (χ3v) is 21.2. The van der Waals surface area contributed by atoms with Crippen molar-refractivity contribution in [1.29, 1.82) is 0 Å². The van der Waals surface area contributed by atoms with Crippen LogP contribution in [0.3, 0.4) is 0 Å². The van der Waals surface area contributed by atoms with Gasteiger partial charge in [0.1, 0.15) is 0 Å². The van der Waals surface area contributed by atoms with Gasteiger partial charge in [-0.3, -0.25) is 4.90 Å². The Bertz CT molecular complexity index is 1980. The zero-order valence-corrected chi connectivity index (χ0v) is 50.1. The predicted octanol–water partition coefficient (Wildman–Crippen LogP) is 0.665. The van der Waals surface area contributed by atoms with Gasteiger partial charge in [0.15, 0.2) is 49.2 Å². The van der Waals surface area contributed by atoms with E-state index in [1.54, 1.807) is 9.80 Å². The molecule has 5 saturated carbocycles. The van der Waals surface area contributed by atoms with Gasteiger partial charge < -0.3 is 38.8 Å². The van der Waals surface area contributed by atoms with Crippen LogP contribution in [0.25, 0.3) is 0 Å². The van der Waals surface area contributed by atoms with Crippen molar-refractivity contribution in [1.82, 2.24) is 20.0 Å². The first-order valence-corrected chi connectivity index (χ1v) is 36.3. The van der Waals surface area contributed by atoms with Gasteiger partial charge >= 0.3 is 0 Å². The lowest BCUT2D eigenvalue weighted by molar-refractivity contribution is 0.164. The Kier molecular flexibility index (Phi) is 33.8. The summed E-state index contributed by atoms with van der Waals surface area (Å²) < 4.78 is 161. The molecule has 0 saturated heterocycles. The minimum Gasteiger partial charge on any atom is -0.380 e. The summed E-state index contributed by atoms with van der Waals surface area (Å²) >= 11 is 0. The Labute approximate surface area is 485 Å². The first-order valence-electron chi connectivity index (χ1n) is 27.1. The molecule has 0 heterocycles. The summed E-state index contributed by atoms with van der Waals surface area (Å²) in [5, 5.41) is 3.22. The summed E-state index contributed by atoms with van der Waals surface area (Å²) in [5.74, 6) is 2.50. The molecule has 5 aliphatic carbocycles. The number of rotatable bonds is 49. The molecule has 19 nitrogen and oxygen atoms in total. The molecule has 80 heavy (non-hydrogen) atoms. The molecule has 0 amide bonds. The molecule has 447 valence electrons. The van der Waals surface area contributed by atoms with Crippen LogP contribution >= 0.6 is 0 Å². The van der Waals surface area contributed by atoms with Crippen LogP contribution in [0.5, 0.6) is 0 Å². The number of sulfone groups is 5. The molecule has 0 spiro atoms. The number of ether oxygens (including phenoxy) is 5. The summed E-state index contributed by atoms with van der Waals surface area (Å²) in [6.07, 6.45) is 37.6. The summed E-state index contributed by atoms with van der Waals surface area (Å²) in [6.45, 7) is 3.47. The van der Waals surface area contributed by atoms with E-state index in [-0.39, 0.29) is 163 Å². The van der Waals surface area contributed by atoms with Crippen molar-refractivity contribution >= 4 is 49.2 Å². The fourth-order valence-electron chi connectivity index (χ4n) is 8.17. The van der Waals surface area contributed by atoms with E-state index in [9.17, 15) is 42.1 Å². The number of nitrogens with zero attached hydrogens (tertiary/aromatic N) is 3. The predicted molar refractivity (Wildman–Crippen MR) is 312 cm³/mol. The Hall–Kier alpha value is -0.610. The first kappa shape index (κ1) is 70.2. The third-order valence-electron chi connectivity index (χ3n) is 13.2. The van der Waals surface area contributed by atoms with Crippen LogP contribution in [0.4, 0.5) is 0 Å². The lowest BCUT2D eigenvalue weighted by Crippen LogP contribution is -2.45. The molecule has 0 aromatic rings. The monoisotopic (exact) mass is 1210 g/mol. The standard InChI is InChI=1S/C56H83N4O15S5/c61-76(62,42-32-71-47-52-11-1-2-12-52)37-22-57-21-23-58(24-26-59(28-38-77(63,64)43-33-72-48-53-13-3-4-14-53)29-39-78(65,66)44-34-73-49-54-15-5-6-16-54)25-27-60(30-40-79(67,68)45-35-74-50-55-17-7-8-18-55)31-41-80(69,70)46-36-75-51-56-19-9-10-20-56/h1-20,57H,21-51H2. The fraction of sp³-hybridized carbons (Fsp3) is 0.554. The third kappa shape index (κ3) is 32.8. The smallest absolute Gasteiger partial charge is 0.153 e. The van der Waals surface area contributed by atoms with Crippen LogP contribution in [-0.4, -0.2) is 252 Å². The van der Waals surface area contributed by atoms with Gasteiger partial charge in [0.05, 0.1) is 124 Å². The maximum Gasteiger partial charge on any atom is 0.153 e. The van der Waals surface area contributed by atoms with Gasteiger partial charge in [0, 0.05) is 102 Å². The number of hydrogen-bond donors (Lipinski definition) is 1. The highest BCUT2D eigenvalue weighted by Crippen LogP contribution is 2.26. The SMILES string of the molecule is O=S(=O)(CCNCCN(CCN(CCS(=O)(=O)CCOC[C]1[CH][CH][CH][CH]1)CCS(=O)(=O)CCOC[C]1[CH][CH][CH][CH]1)CCN(CCS(=O)(=O)CCOC[C]1[CH][CH][CH][CH]1)CCS(=O)(=O)CCOC[C]1[CH][CH][CH][CH]1)CCOC[C]1[CH][CH][CH][CH]1. The van der Waals surface area contributed by atoms with Crippen molar-refractivity contribution in [3.63, 3.8) is 0 Å². The highest BCUT2D eigenvalue weighted by molar-refractivity contribution is 7.92. The molecule has 0 aromatic carbocycles. The fourth-order valence-corrected chi connectivity index (χ4v) is 13.7. The number of hydrogen-bond acceptors (Lipinski definition) is 19. The van der Waals surface area contributed by atoms with Crippen molar-refractivity contribution in [2.75, 3.05) is 196 Å². The first-order chi connectivity index (χ1) is 38.3. The van der Waals surface area contributed by atoms with E-state index < -0.39 is 49.2 Å². The zero-order valence-electron chi connectivity index (χ0n) is 46.0. The quantitative estimate of drug-likeness (QED) is 0.0824. The van der Waals surface area contributed by atoms with Gasteiger partial charge in [0.2, 0.25) is 0 Å². The van der Waals surface area contributed by atoms with Crippen LogP contribution in [0.15, 0.2) is 0 Å². The largest absolute Gasteiger partial charge is 0.380 e. The van der Waals surface area contributed by atoms with Gasteiger partial charge in [0.25, 0.3) is 0 Å². The van der Waals surface area contributed by atoms with Gasteiger partial charge in [-0.2, -0.15) is 0 Å². The van der Waals surface area contributed by atoms with Crippen LogP contribution in [-0.2, 0) is 72.9 Å². The van der Waals surface area contributed by atoms with E-state index in [0.717, 1.165) is 29.6 Å². The molecule has 5 aliphatic rings. The normalized spacial score (nSPS) is 19.2. The zero-order chi connectivity index (χ0) is 57.4. The molecule has 24 heteroatoms. The lowest BCUT2D eigenvalue weighted by atomic mass is 10.1. The highest BCUT2D eigenvalue weighted by atomic mass is 32.2. The average molecular weight is 1210 g/mol. The van der Waals surface area contributed by atoms with Crippen LogP contribution < -0.4 is 5.32 Å². The maximum atomic E-state index is 13.4. The molecule has 25 radical (unpaired) electrons. The van der Waals surface area contributed by atoms with Gasteiger partial charge in [-0.25, -0.2) is 42.1 Å². The Balaban J connectivity index is 1.23. The van der Waals surface area contributed by atoms with Crippen LogP contribution in [0.2, 0.25) is 0 Å². The van der Waals surface area contributed by atoms with E-state index in [1.807, 2.05) is 133 Å². The van der Waals surface area contributed by atoms with E-state index in [1.165, 1.54) is 0 Å². The topological polar surface area (TPSA) is 239 Å².